The first-order chi connectivity index (χ1) is 6.62. The summed E-state index contributed by atoms with van der Waals surface area (Å²) in [5.74, 6) is 0. The molecular weight excluding hydrogens is 206 g/mol. The van der Waals surface area contributed by atoms with Crippen LogP contribution in [0.15, 0.2) is 5.11 Å². The molecule has 4 nitrogen and oxygen atoms in total. The highest BCUT2D eigenvalue weighted by Crippen LogP contribution is 2.37. The van der Waals surface area contributed by atoms with Crippen LogP contribution >= 0.6 is 0 Å². The fourth-order valence-corrected chi connectivity index (χ4v) is 2.40. The van der Waals surface area contributed by atoms with Gasteiger partial charge in [-0.2, -0.15) is 0 Å². The number of rotatable bonds is 4. The van der Waals surface area contributed by atoms with E-state index in [0.717, 1.165) is 0 Å². The summed E-state index contributed by atoms with van der Waals surface area (Å²) in [7, 11) is -1.74. The van der Waals surface area contributed by atoms with Gasteiger partial charge in [-0.15, -0.1) is 0 Å². The van der Waals surface area contributed by atoms with Gasteiger partial charge in [0, 0.05) is 4.91 Å². The van der Waals surface area contributed by atoms with E-state index in [9.17, 15) is 0 Å². The molecule has 0 unspecified atom stereocenters. The largest absolute Gasteiger partial charge is 0.414 e. The van der Waals surface area contributed by atoms with Crippen molar-refractivity contribution in [1.29, 1.82) is 0 Å². The van der Waals surface area contributed by atoms with Crippen LogP contribution in [0.1, 0.15) is 34.6 Å². The smallest absolute Gasteiger partial charge is 0.192 e. The zero-order chi connectivity index (χ0) is 12.3. The molecule has 0 aliphatic carbocycles. The molecule has 0 bridgehead atoms. The third-order valence-corrected chi connectivity index (χ3v) is 7.77. The molecule has 0 saturated carbocycles. The standard InChI is InChI=1S/C10H23N3OSi/c1-8(12-13-11)9(2)14-15(6,7)10(3,4)5/h8-9H,1-7H3/t8-,9+/m1/s1. The molecule has 88 valence electrons. The van der Waals surface area contributed by atoms with E-state index in [1.165, 1.54) is 0 Å². The lowest BCUT2D eigenvalue weighted by Crippen LogP contribution is -2.45. The normalized spacial score (nSPS) is 16.7. The van der Waals surface area contributed by atoms with Gasteiger partial charge in [0.2, 0.25) is 0 Å². The van der Waals surface area contributed by atoms with Crippen molar-refractivity contribution in [3.8, 4) is 0 Å². The van der Waals surface area contributed by atoms with Crippen molar-refractivity contribution in [2.45, 2.75) is 64.9 Å². The molecule has 5 heteroatoms. The lowest BCUT2D eigenvalue weighted by Gasteiger charge is -2.39. The summed E-state index contributed by atoms with van der Waals surface area (Å²) in [6, 6.07) is -0.107. The summed E-state index contributed by atoms with van der Waals surface area (Å²) in [6.45, 7) is 14.9. The Bertz CT molecular complexity index is 254. The third-order valence-electron chi connectivity index (χ3n) is 3.20. The molecule has 0 N–H and O–H groups in total. The maximum atomic E-state index is 8.36. The van der Waals surface area contributed by atoms with E-state index in [1.807, 2.05) is 13.8 Å². The van der Waals surface area contributed by atoms with Crippen molar-refractivity contribution >= 4 is 8.32 Å². The average molecular weight is 229 g/mol. The van der Waals surface area contributed by atoms with Gasteiger partial charge < -0.3 is 4.43 Å². The molecule has 0 aromatic carbocycles. The predicted molar refractivity (Wildman–Crippen MR) is 66.4 cm³/mol. The number of hydrogen-bond donors (Lipinski definition) is 0. The molecule has 0 saturated heterocycles. The molecule has 0 amide bonds. The molecule has 0 aromatic rings. The molecule has 0 spiro atoms. The van der Waals surface area contributed by atoms with E-state index < -0.39 is 8.32 Å². The molecule has 0 fully saturated rings. The van der Waals surface area contributed by atoms with Crippen LogP contribution in [0.3, 0.4) is 0 Å². The van der Waals surface area contributed by atoms with Crippen molar-refractivity contribution in [3.63, 3.8) is 0 Å². The minimum atomic E-state index is -1.74. The van der Waals surface area contributed by atoms with Crippen molar-refractivity contribution in [2.24, 2.45) is 5.11 Å². The topological polar surface area (TPSA) is 58.0 Å². The van der Waals surface area contributed by atoms with Gasteiger partial charge in [-0.05, 0) is 30.6 Å². The molecule has 0 aliphatic rings. The van der Waals surface area contributed by atoms with Crippen LogP contribution in [0.4, 0.5) is 0 Å². The highest BCUT2D eigenvalue weighted by Gasteiger charge is 2.38. The minimum absolute atomic E-state index is 0.0122. The third kappa shape index (κ3) is 4.24. The highest BCUT2D eigenvalue weighted by atomic mass is 28.4. The van der Waals surface area contributed by atoms with E-state index in [-0.39, 0.29) is 17.2 Å². The number of nitrogens with zero attached hydrogens (tertiary/aromatic N) is 3. The summed E-state index contributed by atoms with van der Waals surface area (Å²) in [5.41, 5.74) is 8.36. The Kier molecular flexibility index (Phi) is 4.84. The quantitative estimate of drug-likeness (QED) is 0.310. The molecule has 0 radical (unpaired) electrons. The molecule has 0 aliphatic heterocycles. The van der Waals surface area contributed by atoms with Crippen LogP contribution in [0.25, 0.3) is 10.4 Å². The minimum Gasteiger partial charge on any atom is -0.414 e. The van der Waals surface area contributed by atoms with E-state index in [0.29, 0.717) is 0 Å². The zero-order valence-corrected chi connectivity index (χ0v) is 11.9. The van der Waals surface area contributed by atoms with Crippen molar-refractivity contribution in [2.75, 3.05) is 0 Å². The number of azide groups is 1. The van der Waals surface area contributed by atoms with E-state index in [4.69, 9.17) is 9.96 Å². The van der Waals surface area contributed by atoms with Crippen LogP contribution in [0.2, 0.25) is 18.1 Å². The van der Waals surface area contributed by atoms with Gasteiger partial charge in [0.05, 0.1) is 12.1 Å². The van der Waals surface area contributed by atoms with Crippen LogP contribution in [-0.4, -0.2) is 20.5 Å². The second-order valence-corrected chi connectivity index (χ2v) is 10.3. The summed E-state index contributed by atoms with van der Waals surface area (Å²) in [5, 5.41) is 3.86. The fraction of sp³-hybridized carbons (Fsp3) is 1.00. The van der Waals surface area contributed by atoms with E-state index >= 15 is 0 Å². The molecule has 0 heterocycles. The van der Waals surface area contributed by atoms with Crippen molar-refractivity contribution in [1.82, 2.24) is 0 Å². The average Bonchev–Trinajstić information content (AvgIpc) is 2.01. The van der Waals surface area contributed by atoms with E-state index in [1.54, 1.807) is 0 Å². The summed E-state index contributed by atoms with van der Waals surface area (Å²) >= 11 is 0. The van der Waals surface area contributed by atoms with Gasteiger partial charge in [-0.25, -0.2) is 0 Å². The van der Waals surface area contributed by atoms with Crippen LogP contribution in [0.5, 0.6) is 0 Å². The van der Waals surface area contributed by atoms with Gasteiger partial charge in [0.15, 0.2) is 8.32 Å². The Labute approximate surface area is 93.8 Å². The molecular formula is C10H23N3OSi. The van der Waals surface area contributed by atoms with Crippen molar-refractivity contribution in [3.05, 3.63) is 10.4 Å². The fourth-order valence-electron chi connectivity index (χ4n) is 0.915. The zero-order valence-electron chi connectivity index (χ0n) is 10.9. The lowest BCUT2D eigenvalue weighted by atomic mass is 10.2. The second-order valence-electron chi connectivity index (χ2n) is 5.53. The molecule has 2 atom stereocenters. The molecule has 0 rings (SSSR count). The van der Waals surface area contributed by atoms with Gasteiger partial charge >= 0.3 is 0 Å². The monoisotopic (exact) mass is 229 g/mol. The first kappa shape index (κ1) is 14.5. The maximum Gasteiger partial charge on any atom is 0.192 e. The van der Waals surface area contributed by atoms with Crippen LogP contribution in [0, 0.1) is 0 Å². The number of hydrogen-bond acceptors (Lipinski definition) is 2. The first-order valence-electron chi connectivity index (χ1n) is 5.34. The first-order valence-corrected chi connectivity index (χ1v) is 8.24. The maximum absolute atomic E-state index is 8.36. The molecule has 0 aromatic heterocycles. The Morgan fingerprint density at radius 1 is 1.27 bits per heavy atom. The van der Waals surface area contributed by atoms with Gasteiger partial charge in [-0.1, -0.05) is 32.8 Å². The Morgan fingerprint density at radius 3 is 2.07 bits per heavy atom. The second kappa shape index (κ2) is 5.01. The summed E-state index contributed by atoms with van der Waals surface area (Å²) < 4.78 is 6.09. The van der Waals surface area contributed by atoms with Crippen LogP contribution < -0.4 is 0 Å². The van der Waals surface area contributed by atoms with Gasteiger partial charge in [-0.3, -0.25) is 0 Å². The highest BCUT2D eigenvalue weighted by molar-refractivity contribution is 6.74. The van der Waals surface area contributed by atoms with Crippen molar-refractivity contribution < 1.29 is 4.43 Å². The lowest BCUT2D eigenvalue weighted by molar-refractivity contribution is 0.176. The summed E-state index contributed by atoms with van der Waals surface area (Å²) in [4.78, 5) is 2.81. The van der Waals surface area contributed by atoms with E-state index in [2.05, 4.69) is 43.9 Å². The van der Waals surface area contributed by atoms with Gasteiger partial charge in [0.1, 0.15) is 0 Å². The summed E-state index contributed by atoms with van der Waals surface area (Å²) in [6.07, 6.45) is -0.0122. The molecule has 15 heavy (non-hydrogen) atoms. The Morgan fingerprint density at radius 2 is 1.73 bits per heavy atom. The Hall–Kier alpha value is -0.513. The van der Waals surface area contributed by atoms with Gasteiger partial charge in [0.25, 0.3) is 0 Å². The Balaban J connectivity index is 4.53. The predicted octanol–water partition coefficient (Wildman–Crippen LogP) is 4.10. The van der Waals surface area contributed by atoms with Crippen LogP contribution in [-0.2, 0) is 4.43 Å². The SMILES string of the molecule is C[C@H](O[Si](C)(C)C(C)(C)C)[C@@H](C)N=[N+]=[N-].